The van der Waals surface area contributed by atoms with Gasteiger partial charge in [-0.3, -0.25) is 4.99 Å². The van der Waals surface area contributed by atoms with Crippen LogP contribution in [0.3, 0.4) is 0 Å². The van der Waals surface area contributed by atoms with Crippen molar-refractivity contribution in [1.29, 1.82) is 0 Å². The van der Waals surface area contributed by atoms with Crippen LogP contribution in [-0.2, 0) is 0 Å². The Morgan fingerprint density at radius 2 is 2.00 bits per heavy atom. The van der Waals surface area contributed by atoms with E-state index in [-0.39, 0.29) is 5.41 Å². The molecule has 0 spiro atoms. The molecule has 64 valence electrons. The third kappa shape index (κ3) is 3.81. The second-order valence-electron chi connectivity index (χ2n) is 3.50. The lowest BCUT2D eigenvalue weighted by Crippen LogP contribution is -2.12. The molecule has 0 fully saturated rings. The maximum Gasteiger partial charge on any atom is 0.0361 e. The van der Waals surface area contributed by atoms with E-state index in [9.17, 15) is 0 Å². The standard InChI is InChI=1S/C9H18N2/c1-5-11-7-8(6-10)9(2,3)4/h6-7H,5,10H2,1-4H3/b8-6+,11-7-. The van der Waals surface area contributed by atoms with Gasteiger partial charge in [0, 0.05) is 12.8 Å². The van der Waals surface area contributed by atoms with E-state index in [2.05, 4.69) is 25.8 Å². The first-order valence-electron chi connectivity index (χ1n) is 3.94. The number of aliphatic imine (C=N–C) groups is 1. The lowest BCUT2D eigenvalue weighted by atomic mass is 9.88. The molecule has 0 aromatic heterocycles. The minimum atomic E-state index is 0.105. The summed E-state index contributed by atoms with van der Waals surface area (Å²) in [6.45, 7) is 9.18. The van der Waals surface area contributed by atoms with E-state index in [1.165, 1.54) is 0 Å². The van der Waals surface area contributed by atoms with Crippen molar-refractivity contribution in [1.82, 2.24) is 0 Å². The van der Waals surface area contributed by atoms with Crippen molar-refractivity contribution in [2.24, 2.45) is 16.1 Å². The lowest BCUT2D eigenvalue weighted by molar-refractivity contribution is 0.525. The second kappa shape index (κ2) is 4.16. The Morgan fingerprint density at radius 1 is 1.45 bits per heavy atom. The maximum absolute atomic E-state index is 5.45. The molecule has 2 N–H and O–H groups in total. The quantitative estimate of drug-likeness (QED) is 0.607. The third-order valence-electron chi connectivity index (χ3n) is 1.46. The van der Waals surface area contributed by atoms with E-state index >= 15 is 0 Å². The summed E-state index contributed by atoms with van der Waals surface area (Å²) in [6, 6.07) is 0. The number of hydrogen-bond acceptors (Lipinski definition) is 2. The summed E-state index contributed by atoms with van der Waals surface area (Å²) in [5, 5.41) is 0. The average Bonchev–Trinajstić information content (AvgIpc) is 1.87. The molecule has 0 rings (SSSR count). The first-order valence-corrected chi connectivity index (χ1v) is 3.94. The Morgan fingerprint density at radius 3 is 2.27 bits per heavy atom. The largest absolute Gasteiger partial charge is 0.404 e. The van der Waals surface area contributed by atoms with Crippen LogP contribution in [0.15, 0.2) is 16.8 Å². The van der Waals surface area contributed by atoms with Crippen molar-refractivity contribution in [3.05, 3.63) is 11.8 Å². The van der Waals surface area contributed by atoms with Crippen LogP contribution in [0.2, 0.25) is 0 Å². The molecule has 0 aromatic rings. The van der Waals surface area contributed by atoms with Crippen molar-refractivity contribution in [2.75, 3.05) is 6.54 Å². The number of nitrogens with two attached hydrogens (primary N) is 1. The first kappa shape index (κ1) is 10.2. The summed E-state index contributed by atoms with van der Waals surface area (Å²) in [5.74, 6) is 0. The van der Waals surface area contributed by atoms with Crippen molar-refractivity contribution in [3.8, 4) is 0 Å². The highest BCUT2D eigenvalue weighted by Gasteiger charge is 2.13. The summed E-state index contributed by atoms with van der Waals surface area (Å²) in [7, 11) is 0. The molecule has 0 unspecified atom stereocenters. The van der Waals surface area contributed by atoms with Gasteiger partial charge in [-0.1, -0.05) is 20.8 Å². The van der Waals surface area contributed by atoms with Crippen molar-refractivity contribution < 1.29 is 0 Å². The van der Waals surface area contributed by atoms with E-state index in [4.69, 9.17) is 5.73 Å². The van der Waals surface area contributed by atoms with Crippen LogP contribution < -0.4 is 5.73 Å². The molecular formula is C9H18N2. The molecule has 0 amide bonds. The Labute approximate surface area is 69.2 Å². The SMILES string of the molecule is CC/N=C\C(=C/N)C(C)(C)C. The highest BCUT2D eigenvalue weighted by atomic mass is 14.7. The highest BCUT2D eigenvalue weighted by molar-refractivity contribution is 5.79. The van der Waals surface area contributed by atoms with E-state index in [1.807, 2.05) is 13.1 Å². The van der Waals surface area contributed by atoms with Gasteiger partial charge in [-0.05, 0) is 24.1 Å². The van der Waals surface area contributed by atoms with E-state index < -0.39 is 0 Å². The molecular weight excluding hydrogens is 136 g/mol. The summed E-state index contributed by atoms with van der Waals surface area (Å²) >= 11 is 0. The zero-order chi connectivity index (χ0) is 8.91. The second-order valence-corrected chi connectivity index (χ2v) is 3.50. The van der Waals surface area contributed by atoms with Gasteiger partial charge in [0.05, 0.1) is 0 Å². The summed E-state index contributed by atoms with van der Waals surface area (Å²) < 4.78 is 0. The Balaban J connectivity index is 4.33. The molecule has 0 bridgehead atoms. The molecule has 0 saturated heterocycles. The van der Waals surface area contributed by atoms with E-state index in [1.54, 1.807) is 6.20 Å². The topological polar surface area (TPSA) is 38.4 Å². The fourth-order valence-electron chi connectivity index (χ4n) is 0.676. The number of hydrogen-bond donors (Lipinski definition) is 1. The van der Waals surface area contributed by atoms with Gasteiger partial charge < -0.3 is 5.73 Å². The molecule has 0 saturated carbocycles. The maximum atomic E-state index is 5.45. The zero-order valence-corrected chi connectivity index (χ0v) is 7.89. The van der Waals surface area contributed by atoms with Gasteiger partial charge in [0.25, 0.3) is 0 Å². The van der Waals surface area contributed by atoms with Crippen LogP contribution in [0.1, 0.15) is 27.7 Å². The number of rotatable bonds is 2. The molecule has 2 nitrogen and oxygen atoms in total. The summed E-state index contributed by atoms with van der Waals surface area (Å²) in [6.07, 6.45) is 3.47. The van der Waals surface area contributed by atoms with Crippen LogP contribution in [0.5, 0.6) is 0 Å². The molecule has 0 aliphatic rings. The predicted molar refractivity (Wildman–Crippen MR) is 50.8 cm³/mol. The van der Waals surface area contributed by atoms with Gasteiger partial charge in [-0.15, -0.1) is 0 Å². The molecule has 0 aliphatic heterocycles. The summed E-state index contributed by atoms with van der Waals surface area (Å²) in [4.78, 5) is 4.14. The van der Waals surface area contributed by atoms with Gasteiger partial charge in [-0.25, -0.2) is 0 Å². The summed E-state index contributed by atoms with van der Waals surface area (Å²) in [5.41, 5.74) is 6.63. The first-order chi connectivity index (χ1) is 5.02. The predicted octanol–water partition coefficient (Wildman–Crippen LogP) is 1.97. The molecule has 0 radical (unpaired) electrons. The minimum absolute atomic E-state index is 0.105. The van der Waals surface area contributed by atoms with Crippen molar-refractivity contribution in [3.63, 3.8) is 0 Å². The van der Waals surface area contributed by atoms with Gasteiger partial charge in [0.2, 0.25) is 0 Å². The van der Waals surface area contributed by atoms with E-state index in [0.29, 0.717) is 0 Å². The van der Waals surface area contributed by atoms with Gasteiger partial charge >= 0.3 is 0 Å². The normalized spacial score (nSPS) is 14.4. The average molecular weight is 154 g/mol. The number of allylic oxidation sites excluding steroid dienone is 1. The molecule has 0 aliphatic carbocycles. The molecule has 11 heavy (non-hydrogen) atoms. The fourth-order valence-corrected chi connectivity index (χ4v) is 0.676. The highest BCUT2D eigenvalue weighted by Crippen LogP contribution is 2.22. The van der Waals surface area contributed by atoms with Gasteiger partial charge in [0.15, 0.2) is 0 Å². The van der Waals surface area contributed by atoms with Gasteiger partial charge in [-0.2, -0.15) is 0 Å². The Kier molecular flexibility index (Phi) is 3.86. The third-order valence-corrected chi connectivity index (χ3v) is 1.46. The minimum Gasteiger partial charge on any atom is -0.404 e. The Bertz CT molecular complexity index is 161. The molecule has 0 atom stereocenters. The molecule has 0 aromatic carbocycles. The van der Waals surface area contributed by atoms with Crippen LogP contribution in [0.4, 0.5) is 0 Å². The van der Waals surface area contributed by atoms with Crippen LogP contribution in [-0.4, -0.2) is 12.8 Å². The lowest BCUT2D eigenvalue weighted by Gasteiger charge is -2.18. The Hall–Kier alpha value is -0.790. The number of nitrogens with zero attached hydrogens (tertiary/aromatic N) is 1. The van der Waals surface area contributed by atoms with Crippen LogP contribution in [0, 0.1) is 5.41 Å². The van der Waals surface area contributed by atoms with Crippen LogP contribution >= 0.6 is 0 Å². The van der Waals surface area contributed by atoms with E-state index in [0.717, 1.165) is 12.1 Å². The smallest absolute Gasteiger partial charge is 0.0361 e. The van der Waals surface area contributed by atoms with Crippen molar-refractivity contribution >= 4 is 6.21 Å². The van der Waals surface area contributed by atoms with Crippen LogP contribution in [0.25, 0.3) is 0 Å². The monoisotopic (exact) mass is 154 g/mol. The zero-order valence-electron chi connectivity index (χ0n) is 7.89. The molecule has 2 heteroatoms. The fraction of sp³-hybridized carbons (Fsp3) is 0.667. The molecule has 0 heterocycles. The van der Waals surface area contributed by atoms with Crippen molar-refractivity contribution in [2.45, 2.75) is 27.7 Å². The van der Waals surface area contributed by atoms with Gasteiger partial charge in [0.1, 0.15) is 0 Å².